The number of allylic oxidation sites excluding steroid dienone is 2. The number of fused-ring (bicyclic) bond motifs is 2. The molecule has 5 heterocycles. The highest BCUT2D eigenvalue weighted by atomic mass is 32.2. The molecular formula is C61H71FN9O8S-. The fourth-order valence-electron chi connectivity index (χ4n) is 12.1. The molecule has 0 radical (unpaired) electrons. The zero-order valence-corrected chi connectivity index (χ0v) is 47.0. The number of ether oxygens (including phenoxy) is 4. The molecule has 2 aliphatic carbocycles. The number of aromatic amines is 1. The maximum atomic E-state index is 15.4. The van der Waals surface area contributed by atoms with Crippen molar-refractivity contribution >= 4 is 55.4 Å². The molecular weight excluding hydrogens is 1040 g/mol. The SMILES string of the molecule is C=C1C=C(F)c2cc(Oc3cc(N4CCC(N5CCN(Cc6ccc(C7CC7)c(OC)c6)C[C@H]5c5ccccc5C(C)C)CC4)ccc3C(=O)NS(=O)(=O)c3cc(N(C)[O-])c(NCC4CCOCC4)c4[nH]cnc34)c(OCC)nc21. The van der Waals surface area contributed by atoms with Gasteiger partial charge in [0, 0.05) is 88.4 Å². The standard InChI is InChI=1S/C61H71FN9O8S/c1-7-78-61-54(31-48-49(62)28-38(4)56(48)66-61)79-53-30-43(15-17-47(53)60(72)67-80(74,75)55-32-50(68(5)73)57(59-58(55)64-36-65-59)63-33-39-20-26-77-27-21-39)70-22-18-42(19-23-70)71-25-24-69(35-51(71)46-11-9-8-10-44(46)37(2)3)34-40-12-16-45(41-13-14-41)52(29-40)76-6/h8-12,15-17,28-32,36-37,39,41-42,51,63H,4,7,13-14,18-27,33-35H2,1-3,5-6H3,(H,64,65)(H,67,72)/q-1/t51-/m0/s1. The highest BCUT2D eigenvalue weighted by molar-refractivity contribution is 7.90. The van der Waals surface area contributed by atoms with Crippen LogP contribution < -0.4 is 34.2 Å². The van der Waals surface area contributed by atoms with Crippen LogP contribution in [0.5, 0.6) is 23.1 Å². The van der Waals surface area contributed by atoms with Crippen molar-refractivity contribution < 1.29 is 36.6 Å². The zero-order chi connectivity index (χ0) is 55.8. The number of H-pyrrole nitrogens is 1. The van der Waals surface area contributed by atoms with E-state index in [4.69, 9.17) is 18.9 Å². The Bertz CT molecular complexity index is 3440. The molecule has 422 valence electrons. The Balaban J connectivity index is 0.870. The highest BCUT2D eigenvalue weighted by Gasteiger charge is 2.37. The number of sulfonamides is 1. The molecule has 0 unspecified atom stereocenters. The minimum absolute atomic E-state index is 0.0138. The molecule has 3 saturated heterocycles. The summed E-state index contributed by atoms with van der Waals surface area (Å²) in [6.45, 7) is 17.2. The molecule has 17 nitrogen and oxygen atoms in total. The quantitative estimate of drug-likeness (QED) is 0.0649. The molecule has 2 aromatic heterocycles. The largest absolute Gasteiger partial charge is 0.758 e. The Morgan fingerprint density at radius 2 is 1.75 bits per heavy atom. The van der Waals surface area contributed by atoms with Gasteiger partial charge in [-0.2, -0.15) is 0 Å². The van der Waals surface area contributed by atoms with E-state index in [1.807, 2.05) is 0 Å². The number of aromatic nitrogens is 3. The smallest absolute Gasteiger partial charge is 0.268 e. The first-order chi connectivity index (χ1) is 38.7. The number of carbonyl (C=O) groups excluding carboxylic acids is 1. The maximum Gasteiger partial charge on any atom is 0.268 e. The van der Waals surface area contributed by atoms with E-state index in [1.165, 1.54) is 72.7 Å². The van der Waals surface area contributed by atoms with Crippen molar-refractivity contribution in [3.8, 4) is 23.1 Å². The highest BCUT2D eigenvalue weighted by Crippen LogP contribution is 2.46. The average molecular weight is 1110 g/mol. The van der Waals surface area contributed by atoms with Crippen LogP contribution in [0.25, 0.3) is 22.4 Å². The van der Waals surface area contributed by atoms with Crippen LogP contribution >= 0.6 is 0 Å². The van der Waals surface area contributed by atoms with Gasteiger partial charge >= 0.3 is 0 Å². The lowest BCUT2D eigenvalue weighted by Gasteiger charge is -2.48. The number of hydrogen-bond acceptors (Lipinski definition) is 15. The molecule has 0 bridgehead atoms. The molecule has 6 aromatic rings. The Kier molecular flexibility index (Phi) is 15.9. The van der Waals surface area contributed by atoms with Crippen LogP contribution in [-0.4, -0.2) is 118 Å². The predicted molar refractivity (Wildman–Crippen MR) is 310 cm³/mol. The third-order valence-corrected chi connectivity index (χ3v) is 17.8. The lowest BCUT2D eigenvalue weighted by atomic mass is 9.88. The van der Waals surface area contributed by atoms with Crippen molar-refractivity contribution in [2.75, 3.05) is 88.5 Å². The van der Waals surface area contributed by atoms with Crippen molar-refractivity contribution in [1.82, 2.24) is 29.5 Å². The van der Waals surface area contributed by atoms with Gasteiger partial charge in [0.15, 0.2) is 5.75 Å². The van der Waals surface area contributed by atoms with Crippen molar-refractivity contribution in [3.05, 3.63) is 136 Å². The summed E-state index contributed by atoms with van der Waals surface area (Å²) in [5, 5.41) is 17.1. The van der Waals surface area contributed by atoms with E-state index >= 15 is 4.39 Å². The number of amides is 1. The molecule has 1 atom stereocenters. The number of halogens is 1. The Morgan fingerprint density at radius 3 is 2.49 bits per heavy atom. The number of hydrogen-bond donors (Lipinski definition) is 3. The molecule has 1 amide bonds. The van der Waals surface area contributed by atoms with Gasteiger partial charge in [-0.15, -0.1) is 0 Å². The molecule has 5 aliphatic rings. The number of pyridine rings is 1. The van der Waals surface area contributed by atoms with E-state index < -0.39 is 21.8 Å². The van der Waals surface area contributed by atoms with Crippen LogP contribution in [0.2, 0.25) is 0 Å². The van der Waals surface area contributed by atoms with E-state index in [1.54, 1.807) is 26.2 Å². The number of piperazine rings is 1. The fourth-order valence-corrected chi connectivity index (χ4v) is 13.2. The van der Waals surface area contributed by atoms with Gasteiger partial charge < -0.3 is 44.4 Å². The minimum atomic E-state index is -4.72. The normalized spacial score (nSPS) is 18.6. The molecule has 4 aromatic carbocycles. The first-order valence-electron chi connectivity index (χ1n) is 28.0. The second-order valence-corrected chi connectivity index (χ2v) is 23.7. The van der Waals surface area contributed by atoms with Crippen LogP contribution in [0.1, 0.15) is 121 Å². The minimum Gasteiger partial charge on any atom is -0.758 e. The van der Waals surface area contributed by atoms with Crippen molar-refractivity contribution in [2.24, 2.45) is 5.92 Å². The second-order valence-electron chi connectivity index (χ2n) is 22.0. The average Bonchev–Trinajstić information content (AvgIpc) is 4.19. The summed E-state index contributed by atoms with van der Waals surface area (Å²) in [7, 11) is -1.67. The first-order valence-corrected chi connectivity index (χ1v) is 29.5. The maximum absolute atomic E-state index is 15.4. The Hall–Kier alpha value is -7.03. The summed E-state index contributed by atoms with van der Waals surface area (Å²) in [5.74, 6) is 0.708. The summed E-state index contributed by atoms with van der Waals surface area (Å²) in [6.07, 6.45) is 8.47. The van der Waals surface area contributed by atoms with E-state index in [0.717, 1.165) is 63.3 Å². The number of nitrogens with zero attached hydrogens (tertiary/aromatic N) is 6. The first kappa shape index (κ1) is 54.9. The lowest BCUT2D eigenvalue weighted by molar-refractivity contribution is 0.0271. The molecule has 80 heavy (non-hydrogen) atoms. The van der Waals surface area contributed by atoms with Gasteiger partial charge in [-0.1, -0.05) is 56.8 Å². The number of benzene rings is 4. The number of methoxy groups -OCH3 is 1. The van der Waals surface area contributed by atoms with E-state index in [2.05, 4.69) is 103 Å². The van der Waals surface area contributed by atoms with Gasteiger partial charge in [-0.05, 0) is 134 Å². The summed E-state index contributed by atoms with van der Waals surface area (Å²) in [4.78, 5) is 33.8. The van der Waals surface area contributed by atoms with Crippen molar-refractivity contribution in [3.63, 3.8) is 0 Å². The van der Waals surface area contributed by atoms with E-state index in [0.29, 0.717) is 72.2 Å². The van der Waals surface area contributed by atoms with Gasteiger partial charge in [0.1, 0.15) is 27.7 Å². The predicted octanol–water partition coefficient (Wildman–Crippen LogP) is 10.9. The van der Waals surface area contributed by atoms with Gasteiger partial charge in [0.05, 0.1) is 48.2 Å². The third-order valence-electron chi connectivity index (χ3n) is 16.4. The van der Waals surface area contributed by atoms with Crippen LogP contribution in [-0.2, 0) is 21.3 Å². The number of anilines is 3. The van der Waals surface area contributed by atoms with Gasteiger partial charge in [0.2, 0.25) is 0 Å². The number of imidazole rings is 1. The fraction of sp³-hybridized carbons (Fsp3) is 0.426. The topological polar surface area (TPSA) is 190 Å². The number of rotatable bonds is 19. The van der Waals surface area contributed by atoms with Gasteiger partial charge in [-0.25, -0.2) is 27.5 Å². The Labute approximate surface area is 467 Å². The Morgan fingerprint density at radius 1 is 0.963 bits per heavy atom. The zero-order valence-electron chi connectivity index (χ0n) is 46.2. The number of piperidine rings is 1. The number of hydroxylamine groups is 1. The molecule has 19 heteroatoms. The van der Waals surface area contributed by atoms with Crippen LogP contribution in [0.4, 0.5) is 21.5 Å². The van der Waals surface area contributed by atoms with Crippen LogP contribution in [0, 0.1) is 11.1 Å². The lowest BCUT2D eigenvalue weighted by Crippen LogP contribution is -2.54. The second kappa shape index (κ2) is 23.2. The van der Waals surface area contributed by atoms with Gasteiger partial charge in [0.25, 0.3) is 21.8 Å². The molecule has 3 aliphatic heterocycles. The summed E-state index contributed by atoms with van der Waals surface area (Å²) >= 11 is 0. The number of nitrogens with one attached hydrogen (secondary N) is 3. The van der Waals surface area contributed by atoms with E-state index in [9.17, 15) is 18.4 Å². The van der Waals surface area contributed by atoms with E-state index in [-0.39, 0.29) is 69.2 Å². The summed E-state index contributed by atoms with van der Waals surface area (Å²) < 4.78 is 70.6. The van der Waals surface area contributed by atoms with Crippen molar-refractivity contribution in [1.29, 1.82) is 0 Å². The summed E-state index contributed by atoms with van der Waals surface area (Å²) in [6, 6.07) is 23.8. The molecule has 1 saturated carbocycles. The summed E-state index contributed by atoms with van der Waals surface area (Å²) in [5.41, 5.74) is 7.48. The van der Waals surface area contributed by atoms with Crippen LogP contribution in [0.15, 0.2) is 96.7 Å². The third kappa shape index (κ3) is 11.3. The molecule has 3 N–H and O–H groups in total. The monoisotopic (exact) mass is 1110 g/mol. The van der Waals surface area contributed by atoms with Crippen LogP contribution in [0.3, 0.4) is 0 Å². The number of carbonyl (C=O) groups is 1. The molecule has 11 rings (SSSR count). The molecule has 4 fully saturated rings. The van der Waals surface area contributed by atoms with Crippen molar-refractivity contribution in [2.45, 2.75) is 94.7 Å². The molecule has 0 spiro atoms. The van der Waals surface area contributed by atoms with Gasteiger partial charge in [-0.3, -0.25) is 14.6 Å².